The van der Waals surface area contributed by atoms with E-state index >= 15 is 0 Å². The molecule has 0 aromatic carbocycles. The number of ether oxygens (including phenoxy) is 1. The number of hydrogen-bond donors (Lipinski definition) is 1. The molecule has 1 N–H and O–H groups in total. The van der Waals surface area contributed by atoms with Gasteiger partial charge in [-0.3, -0.25) is 4.79 Å². The minimum Gasteiger partial charge on any atom is -0.468 e. The molecular weight excluding hydrogens is 196 g/mol. The summed E-state index contributed by atoms with van der Waals surface area (Å²) in [5.41, 5.74) is 8.07. The van der Waals surface area contributed by atoms with E-state index in [0.29, 0.717) is 25.4 Å². The van der Waals surface area contributed by atoms with Gasteiger partial charge in [0.1, 0.15) is 6.04 Å². The van der Waals surface area contributed by atoms with Gasteiger partial charge >= 0.3 is 5.97 Å². The summed E-state index contributed by atoms with van der Waals surface area (Å²) in [5.74, 6) is 0.130. The first-order valence-corrected chi connectivity index (χ1v) is 4.93. The van der Waals surface area contributed by atoms with Crippen LogP contribution in [-0.4, -0.2) is 32.2 Å². The molecule has 15 heavy (non-hydrogen) atoms. The zero-order valence-corrected chi connectivity index (χ0v) is 9.43. The van der Waals surface area contributed by atoms with Crippen molar-refractivity contribution < 1.29 is 9.53 Å². The van der Waals surface area contributed by atoms with E-state index in [-0.39, 0.29) is 12.0 Å². The first-order valence-electron chi connectivity index (χ1n) is 4.93. The van der Waals surface area contributed by atoms with Crippen LogP contribution in [0.1, 0.15) is 20.3 Å². The number of carbonyl (C=O) groups excluding carboxylic acids is 1. The lowest BCUT2D eigenvalue weighted by Crippen LogP contribution is -2.39. The lowest BCUT2D eigenvalue weighted by atomic mass is 10.0. The van der Waals surface area contributed by atoms with Gasteiger partial charge in [-0.15, -0.1) is 0 Å². The number of carbonyl (C=O) groups is 1. The van der Waals surface area contributed by atoms with E-state index in [4.69, 9.17) is 5.53 Å². The van der Waals surface area contributed by atoms with Gasteiger partial charge in [0, 0.05) is 18.0 Å². The highest BCUT2D eigenvalue weighted by atomic mass is 16.5. The first kappa shape index (κ1) is 13.7. The Morgan fingerprint density at radius 3 is 2.73 bits per heavy atom. The zero-order chi connectivity index (χ0) is 11.7. The summed E-state index contributed by atoms with van der Waals surface area (Å²) in [7, 11) is 1.37. The van der Waals surface area contributed by atoms with E-state index in [1.165, 1.54) is 7.11 Å². The summed E-state index contributed by atoms with van der Waals surface area (Å²) >= 11 is 0. The molecule has 0 fully saturated rings. The molecule has 86 valence electrons. The van der Waals surface area contributed by atoms with Crippen molar-refractivity contribution in [3.05, 3.63) is 10.4 Å². The van der Waals surface area contributed by atoms with E-state index in [0.717, 1.165) is 0 Å². The van der Waals surface area contributed by atoms with Gasteiger partial charge in [0.25, 0.3) is 0 Å². The van der Waals surface area contributed by atoms with Gasteiger partial charge < -0.3 is 10.1 Å². The van der Waals surface area contributed by atoms with Crippen molar-refractivity contribution in [3.63, 3.8) is 0 Å². The van der Waals surface area contributed by atoms with Gasteiger partial charge in [-0.05, 0) is 17.9 Å². The van der Waals surface area contributed by atoms with Crippen molar-refractivity contribution in [1.29, 1.82) is 0 Å². The molecule has 0 rings (SSSR count). The van der Waals surface area contributed by atoms with Crippen LogP contribution < -0.4 is 5.32 Å². The third-order valence-electron chi connectivity index (χ3n) is 1.86. The van der Waals surface area contributed by atoms with Crippen LogP contribution in [0.25, 0.3) is 10.4 Å². The highest BCUT2D eigenvalue weighted by Crippen LogP contribution is 2.05. The monoisotopic (exact) mass is 214 g/mol. The Labute approximate surface area is 89.6 Å². The van der Waals surface area contributed by atoms with Crippen LogP contribution in [-0.2, 0) is 9.53 Å². The van der Waals surface area contributed by atoms with Gasteiger partial charge in [0.05, 0.1) is 7.11 Å². The number of esters is 1. The molecule has 0 radical (unpaired) electrons. The molecule has 1 unspecified atom stereocenters. The maximum Gasteiger partial charge on any atom is 0.322 e. The average molecular weight is 214 g/mol. The molecule has 0 aromatic heterocycles. The number of nitrogens with zero attached hydrogens (tertiary/aromatic N) is 3. The van der Waals surface area contributed by atoms with Crippen molar-refractivity contribution in [2.45, 2.75) is 26.3 Å². The quantitative estimate of drug-likeness (QED) is 0.229. The highest BCUT2D eigenvalue weighted by Gasteiger charge is 2.18. The molecule has 0 heterocycles. The topological polar surface area (TPSA) is 87.1 Å². The minimum absolute atomic E-state index is 0.273. The summed E-state index contributed by atoms with van der Waals surface area (Å²) in [6.07, 6.45) is 0.711. The van der Waals surface area contributed by atoms with Gasteiger partial charge in [0.15, 0.2) is 0 Å². The zero-order valence-electron chi connectivity index (χ0n) is 9.43. The van der Waals surface area contributed by atoms with Crippen LogP contribution in [0.4, 0.5) is 0 Å². The Morgan fingerprint density at radius 2 is 2.27 bits per heavy atom. The number of nitrogens with one attached hydrogen (secondary N) is 1. The summed E-state index contributed by atoms with van der Waals surface area (Å²) in [6, 6.07) is -0.316. The molecular formula is C9H18N4O2. The van der Waals surface area contributed by atoms with Crippen molar-refractivity contribution in [2.75, 3.05) is 20.2 Å². The Balaban J connectivity index is 4.00. The lowest BCUT2D eigenvalue weighted by molar-refractivity contribution is -0.143. The first-order chi connectivity index (χ1) is 7.11. The van der Waals surface area contributed by atoms with Crippen LogP contribution in [0.2, 0.25) is 0 Å². The van der Waals surface area contributed by atoms with Crippen LogP contribution >= 0.6 is 0 Å². The summed E-state index contributed by atoms with van der Waals surface area (Å²) in [5, 5.41) is 6.37. The molecule has 6 nitrogen and oxygen atoms in total. The molecule has 0 bridgehead atoms. The number of rotatable bonds is 7. The van der Waals surface area contributed by atoms with E-state index in [1.54, 1.807) is 0 Å². The van der Waals surface area contributed by atoms with Crippen molar-refractivity contribution in [2.24, 2.45) is 11.0 Å². The number of methoxy groups -OCH3 is 1. The molecule has 0 aliphatic heterocycles. The fraction of sp³-hybridized carbons (Fsp3) is 0.889. The maximum atomic E-state index is 11.3. The Hall–Kier alpha value is -1.26. The standard InChI is InChI=1S/C9H18N4O2/c1-7(2)6-8(9(14)15-3)11-4-5-12-13-10/h7-8,11H,4-6H2,1-3H3. The van der Waals surface area contributed by atoms with Crippen molar-refractivity contribution >= 4 is 5.97 Å². The summed E-state index contributed by atoms with van der Waals surface area (Å²) in [4.78, 5) is 14.0. The van der Waals surface area contributed by atoms with Crippen molar-refractivity contribution in [3.8, 4) is 0 Å². The van der Waals surface area contributed by atoms with E-state index in [2.05, 4.69) is 20.1 Å². The minimum atomic E-state index is -0.316. The average Bonchev–Trinajstić information content (AvgIpc) is 2.21. The third kappa shape index (κ3) is 6.76. The molecule has 6 heteroatoms. The number of azide groups is 1. The molecule has 0 saturated carbocycles. The van der Waals surface area contributed by atoms with Gasteiger partial charge in [0.2, 0.25) is 0 Å². The number of hydrogen-bond acceptors (Lipinski definition) is 4. The molecule has 0 aliphatic carbocycles. The fourth-order valence-corrected chi connectivity index (χ4v) is 1.21. The third-order valence-corrected chi connectivity index (χ3v) is 1.86. The molecule has 0 aromatic rings. The van der Waals surface area contributed by atoms with Crippen LogP contribution in [0.3, 0.4) is 0 Å². The smallest absolute Gasteiger partial charge is 0.322 e. The molecule has 1 atom stereocenters. The molecule has 0 saturated heterocycles. The normalized spacial score (nSPS) is 12.0. The highest BCUT2D eigenvalue weighted by molar-refractivity contribution is 5.75. The Morgan fingerprint density at radius 1 is 1.60 bits per heavy atom. The van der Waals surface area contributed by atoms with Gasteiger partial charge in [-0.25, -0.2) is 0 Å². The molecule has 0 aliphatic rings. The lowest BCUT2D eigenvalue weighted by Gasteiger charge is -2.17. The Kier molecular flexibility index (Phi) is 7.40. The SMILES string of the molecule is COC(=O)C(CC(C)C)NCCN=[N+]=[N-]. The van der Waals surface area contributed by atoms with Crippen LogP contribution in [0.15, 0.2) is 5.11 Å². The van der Waals surface area contributed by atoms with E-state index < -0.39 is 0 Å². The van der Waals surface area contributed by atoms with Crippen LogP contribution in [0.5, 0.6) is 0 Å². The van der Waals surface area contributed by atoms with E-state index in [9.17, 15) is 4.79 Å². The molecule has 0 amide bonds. The molecule has 0 spiro atoms. The van der Waals surface area contributed by atoms with Gasteiger partial charge in [-0.2, -0.15) is 0 Å². The summed E-state index contributed by atoms with van der Waals surface area (Å²) in [6.45, 7) is 4.88. The predicted molar refractivity (Wildman–Crippen MR) is 57.3 cm³/mol. The predicted octanol–water partition coefficient (Wildman–Crippen LogP) is 1.47. The largest absolute Gasteiger partial charge is 0.468 e. The second-order valence-electron chi connectivity index (χ2n) is 3.61. The van der Waals surface area contributed by atoms with Crippen molar-refractivity contribution in [1.82, 2.24) is 5.32 Å². The van der Waals surface area contributed by atoms with E-state index in [1.807, 2.05) is 13.8 Å². The Bertz CT molecular complexity index is 236. The maximum absolute atomic E-state index is 11.3. The second kappa shape index (κ2) is 8.08. The van der Waals surface area contributed by atoms with Gasteiger partial charge in [-0.1, -0.05) is 19.0 Å². The van der Waals surface area contributed by atoms with Crippen LogP contribution in [0, 0.1) is 5.92 Å². The second-order valence-corrected chi connectivity index (χ2v) is 3.61. The fourth-order valence-electron chi connectivity index (χ4n) is 1.21. The summed E-state index contributed by atoms with van der Waals surface area (Å²) < 4.78 is 4.67.